The van der Waals surface area contributed by atoms with E-state index in [0.717, 1.165) is 58.0 Å². The van der Waals surface area contributed by atoms with Crippen LogP contribution < -0.4 is 5.11 Å². The largest absolute Gasteiger partial charge is 0.544 e. The molecule has 0 amide bonds. The molecule has 23 heavy (non-hydrogen) atoms. The highest BCUT2D eigenvalue weighted by molar-refractivity contribution is 5.69. The van der Waals surface area contributed by atoms with Crippen molar-refractivity contribution in [1.82, 2.24) is 0 Å². The lowest BCUT2D eigenvalue weighted by molar-refractivity contribution is -0.946. The maximum Gasteiger partial charge on any atom is 0.126 e. The highest BCUT2D eigenvalue weighted by Gasteiger charge is 2.35. The standard InChI is InChI=1S/C19H39NO3/c1-5-8-11-12-13-18(21)16-20(14-9-6-2,15-10-7-3)17(4)19(22)23/h17-18,21H,5-16H2,1-4H3. The van der Waals surface area contributed by atoms with Gasteiger partial charge < -0.3 is 19.5 Å². The number of quaternary nitrogens is 1. The van der Waals surface area contributed by atoms with Crippen LogP contribution in [-0.2, 0) is 4.79 Å². The Morgan fingerprint density at radius 1 is 0.957 bits per heavy atom. The van der Waals surface area contributed by atoms with E-state index in [4.69, 9.17) is 0 Å². The fraction of sp³-hybridized carbons (Fsp3) is 0.947. The molecule has 0 aliphatic carbocycles. The molecular weight excluding hydrogens is 290 g/mol. The molecule has 4 nitrogen and oxygen atoms in total. The first-order chi connectivity index (χ1) is 10.9. The Labute approximate surface area is 143 Å². The predicted molar refractivity (Wildman–Crippen MR) is 93.9 cm³/mol. The van der Waals surface area contributed by atoms with Gasteiger partial charge in [-0.2, -0.15) is 0 Å². The molecule has 0 aromatic heterocycles. The molecule has 2 atom stereocenters. The molecule has 0 spiro atoms. The summed E-state index contributed by atoms with van der Waals surface area (Å²) in [6.45, 7) is 10.4. The minimum Gasteiger partial charge on any atom is -0.544 e. The van der Waals surface area contributed by atoms with Crippen LogP contribution in [0.15, 0.2) is 0 Å². The van der Waals surface area contributed by atoms with Crippen molar-refractivity contribution in [3.8, 4) is 0 Å². The Morgan fingerprint density at radius 2 is 1.48 bits per heavy atom. The summed E-state index contributed by atoms with van der Waals surface area (Å²) in [4.78, 5) is 11.5. The highest BCUT2D eigenvalue weighted by atomic mass is 16.4. The van der Waals surface area contributed by atoms with Crippen LogP contribution in [0.3, 0.4) is 0 Å². The monoisotopic (exact) mass is 329 g/mol. The molecule has 138 valence electrons. The van der Waals surface area contributed by atoms with E-state index in [1.165, 1.54) is 12.8 Å². The van der Waals surface area contributed by atoms with Crippen molar-refractivity contribution in [2.75, 3.05) is 19.6 Å². The maximum atomic E-state index is 11.5. The average Bonchev–Trinajstić information content (AvgIpc) is 2.53. The van der Waals surface area contributed by atoms with Crippen LogP contribution in [0.1, 0.15) is 85.5 Å². The Balaban J connectivity index is 4.92. The SMILES string of the molecule is CCCCCCC(O)C[N+](CCCC)(CCCC)C(C)C(=O)[O-]. The van der Waals surface area contributed by atoms with Crippen molar-refractivity contribution in [3.63, 3.8) is 0 Å². The number of hydrogen-bond acceptors (Lipinski definition) is 3. The van der Waals surface area contributed by atoms with Crippen LogP contribution >= 0.6 is 0 Å². The molecule has 1 N–H and O–H groups in total. The third kappa shape index (κ3) is 8.71. The average molecular weight is 330 g/mol. The third-order valence-electron chi connectivity index (χ3n) is 5.04. The Bertz CT molecular complexity index is 299. The normalized spacial score (nSPS) is 14.7. The number of unbranched alkanes of at least 4 members (excludes halogenated alkanes) is 5. The van der Waals surface area contributed by atoms with Crippen LogP contribution in [0.4, 0.5) is 0 Å². The second-order valence-corrected chi connectivity index (χ2v) is 7.05. The third-order valence-corrected chi connectivity index (χ3v) is 5.04. The Hall–Kier alpha value is -0.610. The number of carboxylic acid groups (broad SMARTS) is 1. The van der Waals surface area contributed by atoms with E-state index in [0.29, 0.717) is 11.0 Å². The van der Waals surface area contributed by atoms with Crippen LogP contribution in [0.5, 0.6) is 0 Å². The van der Waals surface area contributed by atoms with E-state index in [1.54, 1.807) is 6.92 Å². The Morgan fingerprint density at radius 3 is 1.91 bits per heavy atom. The molecule has 4 heteroatoms. The number of nitrogens with zero attached hydrogens (tertiary/aromatic N) is 1. The smallest absolute Gasteiger partial charge is 0.126 e. The summed E-state index contributed by atoms with van der Waals surface area (Å²) in [5.41, 5.74) is 0. The lowest BCUT2D eigenvalue weighted by Gasteiger charge is -2.45. The number of aliphatic hydroxyl groups excluding tert-OH is 1. The van der Waals surface area contributed by atoms with E-state index in [9.17, 15) is 15.0 Å². The van der Waals surface area contributed by atoms with Crippen molar-refractivity contribution < 1.29 is 19.5 Å². The molecule has 0 saturated carbocycles. The molecule has 0 radical (unpaired) electrons. The number of carbonyl (C=O) groups excluding carboxylic acids is 1. The van der Waals surface area contributed by atoms with Gasteiger partial charge in [0.2, 0.25) is 0 Å². The second-order valence-electron chi connectivity index (χ2n) is 7.05. The van der Waals surface area contributed by atoms with Gasteiger partial charge in [0.05, 0.1) is 19.1 Å². The van der Waals surface area contributed by atoms with Crippen LogP contribution in [0, 0.1) is 0 Å². The quantitative estimate of drug-likeness (QED) is 0.371. The van der Waals surface area contributed by atoms with Gasteiger partial charge >= 0.3 is 0 Å². The number of aliphatic carboxylic acids is 1. The van der Waals surface area contributed by atoms with Gasteiger partial charge in [0.15, 0.2) is 0 Å². The lowest BCUT2D eigenvalue weighted by atomic mass is 10.0. The van der Waals surface area contributed by atoms with E-state index in [-0.39, 0.29) is 0 Å². The van der Waals surface area contributed by atoms with Gasteiger partial charge in [-0.05, 0) is 26.2 Å². The van der Waals surface area contributed by atoms with Crippen LogP contribution in [0.2, 0.25) is 0 Å². The molecule has 0 aromatic carbocycles. The topological polar surface area (TPSA) is 60.4 Å². The van der Waals surface area contributed by atoms with E-state index >= 15 is 0 Å². The molecule has 0 aliphatic heterocycles. The molecule has 0 saturated heterocycles. The zero-order chi connectivity index (χ0) is 17.7. The zero-order valence-corrected chi connectivity index (χ0v) is 15.9. The fourth-order valence-electron chi connectivity index (χ4n) is 3.33. The van der Waals surface area contributed by atoms with E-state index in [2.05, 4.69) is 20.8 Å². The van der Waals surface area contributed by atoms with Crippen molar-refractivity contribution >= 4 is 5.97 Å². The zero-order valence-electron chi connectivity index (χ0n) is 15.9. The molecule has 0 aliphatic rings. The first kappa shape index (κ1) is 22.4. The van der Waals surface area contributed by atoms with Gasteiger partial charge in [-0.15, -0.1) is 0 Å². The van der Waals surface area contributed by atoms with Gasteiger partial charge in [-0.3, -0.25) is 0 Å². The fourth-order valence-corrected chi connectivity index (χ4v) is 3.33. The molecule has 0 rings (SSSR count). The van der Waals surface area contributed by atoms with E-state index < -0.39 is 18.1 Å². The minimum absolute atomic E-state index is 0.414. The van der Waals surface area contributed by atoms with E-state index in [1.807, 2.05) is 0 Å². The van der Waals surface area contributed by atoms with Crippen molar-refractivity contribution in [3.05, 3.63) is 0 Å². The number of carbonyl (C=O) groups is 1. The summed E-state index contributed by atoms with van der Waals surface area (Å²) >= 11 is 0. The molecule has 0 fully saturated rings. The summed E-state index contributed by atoms with van der Waals surface area (Å²) in [5, 5.41) is 22.0. The summed E-state index contributed by atoms with van der Waals surface area (Å²) in [7, 11) is 0. The minimum atomic E-state index is -0.990. The maximum absolute atomic E-state index is 11.5. The first-order valence-corrected chi connectivity index (χ1v) is 9.68. The predicted octanol–water partition coefficient (Wildman–Crippen LogP) is 2.87. The van der Waals surface area contributed by atoms with Crippen molar-refractivity contribution in [1.29, 1.82) is 0 Å². The van der Waals surface area contributed by atoms with Crippen molar-refractivity contribution in [2.24, 2.45) is 0 Å². The van der Waals surface area contributed by atoms with Gasteiger partial charge in [-0.25, -0.2) is 0 Å². The summed E-state index contributed by atoms with van der Waals surface area (Å²) in [6.07, 6.45) is 8.98. The number of hydrogen-bond donors (Lipinski definition) is 1. The number of rotatable bonds is 15. The lowest BCUT2D eigenvalue weighted by Crippen LogP contribution is -2.63. The summed E-state index contributed by atoms with van der Waals surface area (Å²) in [5.74, 6) is -0.990. The van der Waals surface area contributed by atoms with Gasteiger partial charge in [0, 0.05) is 0 Å². The van der Waals surface area contributed by atoms with Gasteiger partial charge in [-0.1, -0.05) is 59.3 Å². The molecule has 0 aromatic rings. The number of aliphatic hydroxyl groups is 1. The van der Waals surface area contributed by atoms with Crippen LogP contribution in [0.25, 0.3) is 0 Å². The summed E-state index contributed by atoms with van der Waals surface area (Å²) < 4.78 is 0.471. The van der Waals surface area contributed by atoms with Crippen LogP contribution in [-0.4, -0.2) is 47.3 Å². The summed E-state index contributed by atoms with van der Waals surface area (Å²) in [6, 6.07) is -0.557. The molecule has 0 bridgehead atoms. The second kappa shape index (κ2) is 12.8. The molecule has 0 heterocycles. The van der Waals surface area contributed by atoms with Gasteiger partial charge in [0.1, 0.15) is 18.7 Å². The first-order valence-electron chi connectivity index (χ1n) is 9.68. The Kier molecular flexibility index (Phi) is 12.4. The molecule has 2 unspecified atom stereocenters. The number of carboxylic acids is 1. The highest BCUT2D eigenvalue weighted by Crippen LogP contribution is 2.21. The van der Waals surface area contributed by atoms with Crippen molar-refractivity contribution in [2.45, 2.75) is 97.6 Å². The van der Waals surface area contributed by atoms with Gasteiger partial charge in [0.25, 0.3) is 0 Å². The molecular formula is C19H39NO3.